The van der Waals surface area contributed by atoms with Crippen molar-refractivity contribution in [3.63, 3.8) is 0 Å². The van der Waals surface area contributed by atoms with Gasteiger partial charge in [0.15, 0.2) is 0 Å². The molecule has 0 bridgehead atoms. The van der Waals surface area contributed by atoms with E-state index in [4.69, 9.17) is 0 Å². The van der Waals surface area contributed by atoms with E-state index in [0.29, 0.717) is 18.1 Å². The third kappa shape index (κ3) is 4.67. The van der Waals surface area contributed by atoms with E-state index in [1.807, 2.05) is 0 Å². The lowest BCUT2D eigenvalue weighted by atomic mass is 9.93. The number of nitrogens with zero attached hydrogens (tertiary/aromatic N) is 3. The summed E-state index contributed by atoms with van der Waals surface area (Å²) in [5.74, 6) is 0. The lowest BCUT2D eigenvalue weighted by molar-refractivity contribution is 0.117. The quantitative estimate of drug-likeness (QED) is 0.815. The maximum absolute atomic E-state index is 9.59. The number of nitriles is 1. The van der Waals surface area contributed by atoms with Crippen LogP contribution in [0.4, 0.5) is 0 Å². The highest BCUT2D eigenvalue weighted by Crippen LogP contribution is 2.27. The molecule has 3 unspecified atom stereocenters. The molecule has 1 heterocycles. The molecule has 120 valence electrons. The van der Waals surface area contributed by atoms with Crippen LogP contribution in [0.5, 0.6) is 0 Å². The molecule has 1 saturated carbocycles. The van der Waals surface area contributed by atoms with Gasteiger partial charge < -0.3 is 4.90 Å². The van der Waals surface area contributed by atoms with Gasteiger partial charge in [0.1, 0.15) is 5.54 Å². The van der Waals surface area contributed by atoms with Gasteiger partial charge in [0.2, 0.25) is 0 Å². The predicted octanol–water partition coefficient (Wildman–Crippen LogP) is 2.22. The Hall–Kier alpha value is -0.630. The molecule has 1 saturated heterocycles. The molecule has 0 aromatic carbocycles. The Morgan fingerprint density at radius 3 is 2.67 bits per heavy atom. The highest BCUT2D eigenvalue weighted by molar-refractivity contribution is 5.08. The summed E-state index contributed by atoms with van der Waals surface area (Å²) in [6.07, 6.45) is 5.81. The van der Waals surface area contributed by atoms with Crippen molar-refractivity contribution in [3.8, 4) is 6.07 Å². The zero-order chi connectivity index (χ0) is 15.5. The van der Waals surface area contributed by atoms with Crippen LogP contribution in [0.2, 0.25) is 0 Å². The van der Waals surface area contributed by atoms with Crippen LogP contribution < -0.4 is 5.32 Å². The summed E-state index contributed by atoms with van der Waals surface area (Å²) in [5, 5.41) is 13.1. The monoisotopic (exact) mass is 292 g/mol. The molecule has 0 radical (unpaired) electrons. The van der Waals surface area contributed by atoms with Gasteiger partial charge in [0.25, 0.3) is 0 Å². The van der Waals surface area contributed by atoms with Crippen LogP contribution in [0.25, 0.3) is 0 Å². The normalized spacial score (nSPS) is 29.4. The van der Waals surface area contributed by atoms with Crippen LogP contribution in [0.15, 0.2) is 0 Å². The van der Waals surface area contributed by atoms with Crippen LogP contribution >= 0.6 is 0 Å². The zero-order valence-corrected chi connectivity index (χ0v) is 14.2. The van der Waals surface area contributed by atoms with Crippen molar-refractivity contribution in [2.24, 2.45) is 0 Å². The number of nitrogens with one attached hydrogen (secondary N) is 1. The van der Waals surface area contributed by atoms with Gasteiger partial charge in [-0.2, -0.15) is 5.26 Å². The Balaban J connectivity index is 1.99. The van der Waals surface area contributed by atoms with E-state index in [1.54, 1.807) is 0 Å². The molecular weight excluding hydrogens is 260 g/mol. The van der Waals surface area contributed by atoms with Gasteiger partial charge in [-0.3, -0.25) is 10.2 Å². The average Bonchev–Trinajstić information content (AvgIpc) is 3.25. The first-order chi connectivity index (χ1) is 9.97. The molecule has 2 fully saturated rings. The number of hydrogen-bond acceptors (Lipinski definition) is 4. The lowest BCUT2D eigenvalue weighted by Gasteiger charge is -2.38. The van der Waals surface area contributed by atoms with Gasteiger partial charge in [0.05, 0.1) is 6.07 Å². The maximum atomic E-state index is 9.59. The van der Waals surface area contributed by atoms with Crippen LogP contribution in [0.3, 0.4) is 0 Å². The summed E-state index contributed by atoms with van der Waals surface area (Å²) in [6.45, 7) is 10.2. The van der Waals surface area contributed by atoms with Crippen molar-refractivity contribution in [1.82, 2.24) is 15.1 Å². The van der Waals surface area contributed by atoms with Crippen molar-refractivity contribution in [2.45, 2.75) is 76.5 Å². The molecule has 0 amide bonds. The van der Waals surface area contributed by atoms with E-state index in [2.05, 4.69) is 49.0 Å². The maximum Gasteiger partial charge on any atom is 0.105 e. The standard InChI is InChI=1S/C17H32N4/c1-5-16-12-20(4)9-6-10-21(16)14(2)11-17(3,13-18)19-15-7-8-15/h14-16,19H,5-12H2,1-4H3. The summed E-state index contributed by atoms with van der Waals surface area (Å²) in [5.41, 5.74) is -0.378. The SMILES string of the molecule is CCC1CN(C)CCCN1C(C)CC(C)(C#N)NC1CC1. The van der Waals surface area contributed by atoms with E-state index in [9.17, 15) is 5.26 Å². The average molecular weight is 292 g/mol. The number of likely N-dealkylation sites (N-methyl/N-ethyl adjacent to an activating group) is 1. The first kappa shape index (κ1) is 16.7. The van der Waals surface area contributed by atoms with E-state index >= 15 is 0 Å². The predicted molar refractivity (Wildman–Crippen MR) is 87.2 cm³/mol. The molecule has 0 spiro atoms. The molecule has 4 nitrogen and oxygen atoms in total. The van der Waals surface area contributed by atoms with Crippen molar-refractivity contribution < 1.29 is 0 Å². The van der Waals surface area contributed by atoms with Crippen LogP contribution in [-0.4, -0.2) is 60.1 Å². The second-order valence-corrected chi connectivity index (χ2v) is 7.33. The van der Waals surface area contributed by atoms with Gasteiger partial charge in [-0.1, -0.05) is 6.92 Å². The summed E-state index contributed by atoms with van der Waals surface area (Å²) in [7, 11) is 2.23. The molecular formula is C17H32N4. The zero-order valence-electron chi connectivity index (χ0n) is 14.2. The van der Waals surface area contributed by atoms with E-state index in [-0.39, 0.29) is 5.54 Å². The topological polar surface area (TPSA) is 42.3 Å². The lowest BCUT2D eigenvalue weighted by Crippen LogP contribution is -2.51. The van der Waals surface area contributed by atoms with E-state index in [1.165, 1.54) is 32.2 Å². The fourth-order valence-electron chi connectivity index (χ4n) is 3.73. The molecule has 0 aromatic heterocycles. The second-order valence-electron chi connectivity index (χ2n) is 7.33. The summed E-state index contributed by atoms with van der Waals surface area (Å²) in [4.78, 5) is 5.10. The smallest absolute Gasteiger partial charge is 0.105 e. The van der Waals surface area contributed by atoms with Crippen molar-refractivity contribution in [2.75, 3.05) is 26.7 Å². The second kappa shape index (κ2) is 7.09. The molecule has 3 atom stereocenters. The number of hydrogen-bond donors (Lipinski definition) is 1. The minimum absolute atomic E-state index is 0.378. The van der Waals surface area contributed by atoms with Gasteiger partial charge >= 0.3 is 0 Å². The van der Waals surface area contributed by atoms with E-state index < -0.39 is 0 Å². The van der Waals surface area contributed by atoms with Crippen LogP contribution in [0, 0.1) is 11.3 Å². The van der Waals surface area contributed by atoms with Crippen molar-refractivity contribution >= 4 is 0 Å². The third-order valence-electron chi connectivity index (χ3n) is 5.04. The largest absolute Gasteiger partial charge is 0.305 e. The Bertz CT molecular complexity index is 373. The Morgan fingerprint density at radius 1 is 1.38 bits per heavy atom. The first-order valence-electron chi connectivity index (χ1n) is 8.60. The Labute approximate surface area is 130 Å². The molecule has 0 aromatic rings. The van der Waals surface area contributed by atoms with Crippen LogP contribution in [0.1, 0.15) is 52.9 Å². The highest BCUT2D eigenvalue weighted by Gasteiger charge is 2.36. The Kier molecular flexibility index (Phi) is 5.65. The van der Waals surface area contributed by atoms with Gasteiger partial charge in [-0.15, -0.1) is 0 Å². The minimum atomic E-state index is -0.378. The summed E-state index contributed by atoms with van der Waals surface area (Å²) >= 11 is 0. The fraction of sp³-hybridized carbons (Fsp3) is 0.941. The molecule has 1 aliphatic heterocycles. The van der Waals surface area contributed by atoms with Gasteiger partial charge in [-0.25, -0.2) is 0 Å². The third-order valence-corrected chi connectivity index (χ3v) is 5.04. The molecule has 2 rings (SSSR count). The van der Waals surface area contributed by atoms with Crippen molar-refractivity contribution in [1.29, 1.82) is 5.26 Å². The number of rotatable bonds is 6. The van der Waals surface area contributed by atoms with E-state index in [0.717, 1.165) is 19.5 Å². The Morgan fingerprint density at radius 2 is 2.10 bits per heavy atom. The van der Waals surface area contributed by atoms with Gasteiger partial charge in [-0.05, 0) is 66.1 Å². The summed E-state index contributed by atoms with van der Waals surface area (Å²) < 4.78 is 0. The van der Waals surface area contributed by atoms with Crippen molar-refractivity contribution in [3.05, 3.63) is 0 Å². The minimum Gasteiger partial charge on any atom is -0.305 e. The molecule has 21 heavy (non-hydrogen) atoms. The summed E-state index contributed by atoms with van der Waals surface area (Å²) in [6, 6.07) is 4.19. The van der Waals surface area contributed by atoms with Crippen LogP contribution in [-0.2, 0) is 0 Å². The fourth-order valence-corrected chi connectivity index (χ4v) is 3.73. The van der Waals surface area contributed by atoms with Gasteiger partial charge in [0, 0.05) is 24.7 Å². The molecule has 4 heteroatoms. The molecule has 2 aliphatic rings. The first-order valence-corrected chi connectivity index (χ1v) is 8.60. The molecule has 1 N–H and O–H groups in total. The highest BCUT2D eigenvalue weighted by atomic mass is 15.2. The molecule has 1 aliphatic carbocycles.